The van der Waals surface area contributed by atoms with Crippen LogP contribution in [-0.2, 0) is 4.79 Å². The molecule has 1 amide bonds. The average molecular weight is 467 g/mol. The molecule has 3 nitrogen and oxygen atoms in total. The number of hydrogen-bond donors (Lipinski definition) is 1. The Morgan fingerprint density at radius 1 is 1.07 bits per heavy atom. The monoisotopic (exact) mass is 466 g/mol. The number of pyridine rings is 1. The van der Waals surface area contributed by atoms with Crippen LogP contribution >= 0.6 is 15.9 Å². The topological polar surface area (TPSA) is 42.0 Å². The number of amides is 1. The maximum atomic E-state index is 13.8. The van der Waals surface area contributed by atoms with E-state index in [4.69, 9.17) is 0 Å². The van der Waals surface area contributed by atoms with Gasteiger partial charge in [0.2, 0.25) is 5.91 Å². The van der Waals surface area contributed by atoms with Crippen LogP contribution in [0, 0.1) is 17.2 Å². The first-order valence-electron chi connectivity index (χ1n) is 10.6. The predicted molar refractivity (Wildman–Crippen MR) is 121 cm³/mol. The van der Waals surface area contributed by atoms with Crippen LogP contribution in [0.5, 0.6) is 0 Å². The number of aromatic nitrogens is 1. The summed E-state index contributed by atoms with van der Waals surface area (Å²) in [5.41, 5.74) is 3.02. The predicted octanol–water partition coefficient (Wildman–Crippen LogP) is 6.83. The van der Waals surface area contributed by atoms with E-state index in [0.29, 0.717) is 5.92 Å². The Bertz CT molecular complexity index is 1110. The summed E-state index contributed by atoms with van der Waals surface area (Å²) in [6.45, 7) is 0. The normalized spacial score (nSPS) is 25.8. The number of nitrogens with zero attached hydrogens (tertiary/aromatic N) is 1. The van der Waals surface area contributed by atoms with Gasteiger partial charge in [0.15, 0.2) is 0 Å². The highest BCUT2D eigenvalue weighted by Gasteiger charge is 2.51. The zero-order chi connectivity index (χ0) is 20.7. The van der Waals surface area contributed by atoms with Crippen LogP contribution < -0.4 is 5.32 Å². The summed E-state index contributed by atoms with van der Waals surface area (Å²) in [5, 5.41) is 4.04. The number of fused-ring (bicyclic) bond motifs is 1. The smallest absolute Gasteiger partial charge is 0.228 e. The fraction of sp³-hybridized carbons (Fsp3) is 0.360. The van der Waals surface area contributed by atoms with Gasteiger partial charge in [-0.2, -0.15) is 0 Å². The molecule has 5 heteroatoms. The molecule has 2 aromatic carbocycles. The van der Waals surface area contributed by atoms with Gasteiger partial charge in [-0.3, -0.25) is 9.78 Å². The van der Waals surface area contributed by atoms with Gasteiger partial charge >= 0.3 is 0 Å². The minimum atomic E-state index is -0.215. The zero-order valence-electron chi connectivity index (χ0n) is 16.7. The van der Waals surface area contributed by atoms with Gasteiger partial charge in [-0.15, -0.1) is 0 Å². The molecule has 1 atom stereocenters. The molecule has 2 aliphatic carbocycles. The maximum absolute atomic E-state index is 13.8. The standard InChI is InChI=1S/C25H24BrFN2O/c26-17-2-1-3-19(14-17)29-24(30)22-8-12-25(22)10-6-16(7-11-25)20-9-13-28-23-5-4-18(27)15-21(20)23/h1-5,9,13-16,22H,6-8,10-12H2,(H,29,30). The summed E-state index contributed by atoms with van der Waals surface area (Å²) in [4.78, 5) is 17.4. The fourth-order valence-electron chi connectivity index (χ4n) is 5.50. The molecule has 0 bridgehead atoms. The van der Waals surface area contributed by atoms with Crippen molar-refractivity contribution in [3.05, 3.63) is 70.6 Å². The lowest BCUT2D eigenvalue weighted by Crippen LogP contribution is -2.48. The van der Waals surface area contributed by atoms with Crippen LogP contribution in [0.2, 0.25) is 0 Å². The Morgan fingerprint density at radius 2 is 1.87 bits per heavy atom. The minimum Gasteiger partial charge on any atom is -0.326 e. The third kappa shape index (κ3) is 3.53. The van der Waals surface area contributed by atoms with Crippen molar-refractivity contribution in [3.63, 3.8) is 0 Å². The van der Waals surface area contributed by atoms with Crippen LogP contribution in [0.25, 0.3) is 10.9 Å². The molecule has 1 N–H and O–H groups in total. The van der Waals surface area contributed by atoms with Gasteiger partial charge in [-0.25, -0.2) is 4.39 Å². The molecular formula is C25H24BrFN2O. The lowest BCUT2D eigenvalue weighted by atomic mass is 9.52. The van der Waals surface area contributed by atoms with Crippen LogP contribution in [0.3, 0.4) is 0 Å². The zero-order valence-corrected chi connectivity index (χ0v) is 18.3. The van der Waals surface area contributed by atoms with Crippen molar-refractivity contribution in [2.24, 2.45) is 11.3 Å². The Hall–Kier alpha value is -2.27. The summed E-state index contributed by atoms with van der Waals surface area (Å²) in [7, 11) is 0. The third-order valence-electron chi connectivity index (χ3n) is 7.24. The number of hydrogen-bond acceptors (Lipinski definition) is 2. The lowest BCUT2D eigenvalue weighted by molar-refractivity contribution is -0.133. The number of nitrogens with one attached hydrogen (secondary N) is 1. The van der Waals surface area contributed by atoms with E-state index >= 15 is 0 Å². The first-order valence-corrected chi connectivity index (χ1v) is 11.4. The second kappa shape index (κ2) is 7.77. The second-order valence-electron chi connectivity index (χ2n) is 8.79. The van der Waals surface area contributed by atoms with Crippen molar-refractivity contribution < 1.29 is 9.18 Å². The Labute approximate surface area is 184 Å². The van der Waals surface area contributed by atoms with E-state index in [2.05, 4.69) is 26.2 Å². The lowest BCUT2D eigenvalue weighted by Gasteiger charge is -2.52. The van der Waals surface area contributed by atoms with E-state index in [1.807, 2.05) is 36.5 Å². The van der Waals surface area contributed by atoms with Gasteiger partial charge in [-0.1, -0.05) is 22.0 Å². The number of benzene rings is 2. The summed E-state index contributed by atoms with van der Waals surface area (Å²) in [5.74, 6) is 0.419. The summed E-state index contributed by atoms with van der Waals surface area (Å²) in [6, 6.07) is 14.6. The number of rotatable bonds is 3. The van der Waals surface area contributed by atoms with Gasteiger partial charge in [0.25, 0.3) is 0 Å². The van der Waals surface area contributed by atoms with E-state index in [-0.39, 0.29) is 23.1 Å². The first kappa shape index (κ1) is 19.7. The molecule has 0 radical (unpaired) electrons. The quantitative estimate of drug-likeness (QED) is 0.459. The van der Waals surface area contributed by atoms with Gasteiger partial charge in [0.05, 0.1) is 5.52 Å². The molecule has 30 heavy (non-hydrogen) atoms. The Balaban J connectivity index is 1.30. The van der Waals surface area contributed by atoms with Crippen LogP contribution in [0.15, 0.2) is 59.2 Å². The molecule has 1 unspecified atom stereocenters. The number of anilines is 1. The number of carbonyl (C=O) groups excluding carboxylic acids is 1. The molecule has 2 saturated carbocycles. The Kier molecular flexibility index (Phi) is 5.10. The number of carbonyl (C=O) groups is 1. The first-order chi connectivity index (χ1) is 14.5. The summed E-state index contributed by atoms with van der Waals surface area (Å²) >= 11 is 3.46. The van der Waals surface area contributed by atoms with Crippen LogP contribution in [0.4, 0.5) is 10.1 Å². The summed E-state index contributed by atoms with van der Waals surface area (Å²) < 4.78 is 14.8. The van der Waals surface area contributed by atoms with Crippen molar-refractivity contribution in [1.29, 1.82) is 0 Å². The molecule has 2 fully saturated rings. The van der Waals surface area contributed by atoms with Crippen LogP contribution in [0.1, 0.15) is 50.0 Å². The van der Waals surface area contributed by atoms with Crippen molar-refractivity contribution >= 4 is 38.4 Å². The highest BCUT2D eigenvalue weighted by Crippen LogP contribution is 2.58. The molecule has 2 aliphatic rings. The molecule has 1 spiro atoms. The fourth-order valence-corrected chi connectivity index (χ4v) is 5.90. The highest BCUT2D eigenvalue weighted by molar-refractivity contribution is 9.10. The van der Waals surface area contributed by atoms with Gasteiger partial charge in [0, 0.05) is 27.7 Å². The van der Waals surface area contributed by atoms with E-state index in [0.717, 1.165) is 59.6 Å². The van der Waals surface area contributed by atoms with Gasteiger partial charge < -0.3 is 5.32 Å². The van der Waals surface area contributed by atoms with Gasteiger partial charge in [0.1, 0.15) is 5.82 Å². The van der Waals surface area contributed by atoms with Crippen molar-refractivity contribution in [2.45, 2.75) is 44.4 Å². The van der Waals surface area contributed by atoms with E-state index in [9.17, 15) is 9.18 Å². The van der Waals surface area contributed by atoms with Crippen molar-refractivity contribution in [1.82, 2.24) is 4.98 Å². The van der Waals surface area contributed by atoms with Crippen molar-refractivity contribution in [2.75, 3.05) is 5.32 Å². The van der Waals surface area contributed by atoms with E-state index < -0.39 is 0 Å². The third-order valence-corrected chi connectivity index (χ3v) is 7.73. The van der Waals surface area contributed by atoms with Crippen LogP contribution in [-0.4, -0.2) is 10.9 Å². The maximum Gasteiger partial charge on any atom is 0.228 e. The molecule has 1 heterocycles. The molecule has 3 aromatic rings. The van der Waals surface area contributed by atoms with E-state index in [1.54, 1.807) is 12.1 Å². The molecule has 1 aromatic heterocycles. The second-order valence-corrected chi connectivity index (χ2v) is 9.70. The molecular weight excluding hydrogens is 443 g/mol. The van der Waals surface area contributed by atoms with Crippen molar-refractivity contribution in [3.8, 4) is 0 Å². The molecule has 5 rings (SSSR count). The minimum absolute atomic E-state index is 0.0871. The van der Waals surface area contributed by atoms with Gasteiger partial charge in [-0.05, 0) is 97.9 Å². The molecule has 0 aliphatic heterocycles. The van der Waals surface area contributed by atoms with E-state index in [1.165, 1.54) is 11.6 Å². The number of halogens is 2. The molecule has 154 valence electrons. The molecule has 0 saturated heterocycles. The largest absolute Gasteiger partial charge is 0.326 e. The Morgan fingerprint density at radius 3 is 2.60 bits per heavy atom. The average Bonchev–Trinajstić information content (AvgIpc) is 2.72. The SMILES string of the molecule is O=C(Nc1cccc(Br)c1)C1CCC12CCC(c1ccnc3ccc(F)cc13)CC2. The highest BCUT2D eigenvalue weighted by atomic mass is 79.9. The summed E-state index contributed by atoms with van der Waals surface area (Å²) in [6.07, 6.45) is 8.10.